The molecule has 0 amide bonds. The molecule has 0 unspecified atom stereocenters. The van der Waals surface area contributed by atoms with Crippen LogP contribution in [0, 0.1) is 0 Å². The molecule has 0 aliphatic carbocycles. The van der Waals surface area contributed by atoms with E-state index in [2.05, 4.69) is 9.97 Å². The molecule has 0 spiro atoms. The number of rotatable bonds is 2. The summed E-state index contributed by atoms with van der Waals surface area (Å²) in [5.74, 6) is -3.07. The van der Waals surface area contributed by atoms with Gasteiger partial charge < -0.3 is 47.8 Å². The Labute approximate surface area is 158 Å². The molecule has 2 rings (SSSR count). The summed E-state index contributed by atoms with van der Waals surface area (Å²) in [6.07, 6.45) is 2.62. The van der Waals surface area contributed by atoms with E-state index in [1.807, 2.05) is 0 Å². The van der Waals surface area contributed by atoms with Crippen LogP contribution in [0.4, 0.5) is 0 Å². The van der Waals surface area contributed by atoms with Crippen LogP contribution in [-0.4, -0.2) is 69.7 Å². The van der Waals surface area contributed by atoms with Gasteiger partial charge in [-0.25, -0.2) is 19.6 Å². The normalized spacial score (nSPS) is 7.08. The van der Waals surface area contributed by atoms with Gasteiger partial charge in [-0.2, -0.15) is 0 Å². The maximum Gasteiger partial charge on any atom is 0.358 e. The summed E-state index contributed by atoms with van der Waals surface area (Å²) < 4.78 is 0. The van der Waals surface area contributed by atoms with E-state index >= 15 is 0 Å². The molecule has 13 nitrogen and oxygen atoms in total. The van der Waals surface area contributed by atoms with Crippen LogP contribution >= 0.6 is 0 Å². The van der Waals surface area contributed by atoms with Crippen molar-refractivity contribution >= 4 is 11.9 Å². The summed E-state index contributed by atoms with van der Waals surface area (Å²) in [6, 6.07) is 5.47. The van der Waals surface area contributed by atoms with Gasteiger partial charge in [0.25, 0.3) is 0 Å². The first kappa shape index (κ1) is 38.7. The average Bonchev–Trinajstić information content (AvgIpc) is 2.40. The second-order valence-electron chi connectivity index (χ2n) is 3.35. The molecule has 0 aromatic carbocycles. The third-order valence-electron chi connectivity index (χ3n) is 1.98. The van der Waals surface area contributed by atoms with E-state index in [0.717, 1.165) is 0 Å². The number of carboxylic acids is 2. The Morgan fingerprint density at radius 3 is 1.12 bits per heavy atom. The number of pyridine rings is 2. The van der Waals surface area contributed by atoms with Gasteiger partial charge in [0.2, 0.25) is 0 Å². The van der Waals surface area contributed by atoms with Crippen molar-refractivity contribution in [3.05, 3.63) is 48.0 Å². The van der Waals surface area contributed by atoms with E-state index in [4.69, 9.17) is 20.4 Å². The number of aromatic nitrogens is 2. The zero-order valence-electron chi connectivity index (χ0n) is 12.9. The number of carbonyl (C=O) groups is 2. The molecule has 149 valence electrons. The van der Waals surface area contributed by atoms with E-state index in [0.29, 0.717) is 0 Å². The van der Waals surface area contributed by atoms with Gasteiger partial charge in [-0.3, -0.25) is 0 Å². The van der Waals surface area contributed by atoms with Crippen molar-refractivity contribution in [3.8, 4) is 11.5 Å². The van der Waals surface area contributed by atoms with E-state index in [-0.39, 0.29) is 68.8 Å². The van der Waals surface area contributed by atoms with Gasteiger partial charge in [-0.05, 0) is 24.3 Å². The molecule has 0 saturated carbocycles. The molecule has 0 saturated heterocycles. The first-order chi connectivity index (χ1) is 9.43. The van der Waals surface area contributed by atoms with Gasteiger partial charge >= 0.3 is 11.9 Å². The molecule has 14 heteroatoms. The maximum absolute atomic E-state index is 10.2. The zero-order chi connectivity index (χ0) is 15.1. The van der Waals surface area contributed by atoms with Gasteiger partial charge in [0.1, 0.15) is 11.5 Å². The second kappa shape index (κ2) is 18.6. The third-order valence-corrected chi connectivity index (χ3v) is 1.98. The molecule has 2 aromatic rings. The molecular formula is C12H20N2O11V. The van der Waals surface area contributed by atoms with E-state index in [9.17, 15) is 9.59 Å². The molecule has 26 heavy (non-hydrogen) atoms. The Morgan fingerprint density at radius 1 is 0.692 bits per heavy atom. The van der Waals surface area contributed by atoms with Crippen molar-refractivity contribution < 1.29 is 76.0 Å². The first-order valence-corrected chi connectivity index (χ1v) is 5.18. The predicted molar refractivity (Wildman–Crippen MR) is 83.8 cm³/mol. The van der Waals surface area contributed by atoms with Crippen LogP contribution in [0.5, 0.6) is 11.5 Å². The fourth-order valence-electron chi connectivity index (χ4n) is 1.12. The van der Waals surface area contributed by atoms with Gasteiger partial charge in [-0.15, -0.1) is 0 Å². The minimum atomic E-state index is -1.22. The summed E-state index contributed by atoms with van der Waals surface area (Å²) >= 11 is 0. The standard InChI is InChI=1S/2C6H5NO3.5H2O.V/c2*8-4-2-1-3-7-5(4)6(9)10;;;;;;/h2*1-3,8H,(H,9,10);5*1H2;. The Hall–Kier alpha value is -2.78. The molecule has 0 fully saturated rings. The summed E-state index contributed by atoms with van der Waals surface area (Å²) in [5.41, 5.74) is -0.634. The summed E-state index contributed by atoms with van der Waals surface area (Å²) in [6.45, 7) is 0. The number of hydrogen-bond donors (Lipinski definition) is 4. The molecule has 0 bridgehead atoms. The average molecular weight is 419 g/mol. The molecule has 14 N–H and O–H groups in total. The van der Waals surface area contributed by atoms with Gasteiger partial charge in [-0.1, -0.05) is 0 Å². The molecule has 1 radical (unpaired) electrons. The van der Waals surface area contributed by atoms with Crippen molar-refractivity contribution in [1.82, 2.24) is 9.97 Å². The molecule has 0 aliphatic rings. The van der Waals surface area contributed by atoms with Crippen molar-refractivity contribution in [3.63, 3.8) is 0 Å². The van der Waals surface area contributed by atoms with Gasteiger partial charge in [0.05, 0.1) is 0 Å². The van der Waals surface area contributed by atoms with Crippen LogP contribution in [0.2, 0.25) is 0 Å². The molecule has 0 aliphatic heterocycles. The van der Waals surface area contributed by atoms with Crippen LogP contribution in [-0.2, 0) is 18.6 Å². The zero-order valence-corrected chi connectivity index (χ0v) is 14.3. The van der Waals surface area contributed by atoms with Crippen molar-refractivity contribution in [2.45, 2.75) is 0 Å². The molecule has 0 atom stereocenters. The number of hydrogen-bond acceptors (Lipinski definition) is 6. The fourth-order valence-corrected chi connectivity index (χ4v) is 1.12. The maximum atomic E-state index is 10.2. The van der Waals surface area contributed by atoms with E-state index < -0.39 is 11.9 Å². The SMILES string of the molecule is O.O.O.O.O.O=C(O)c1ncccc1O.O=C(O)c1ncccc1O.[V]. The van der Waals surface area contributed by atoms with E-state index in [1.54, 1.807) is 0 Å². The Kier molecular flexibility index (Phi) is 27.6. The second-order valence-corrected chi connectivity index (χ2v) is 3.35. The fraction of sp³-hybridized carbons (Fsp3) is 0. The van der Waals surface area contributed by atoms with Crippen LogP contribution in [0.3, 0.4) is 0 Å². The Morgan fingerprint density at radius 2 is 0.962 bits per heavy atom. The van der Waals surface area contributed by atoms with Crippen LogP contribution in [0.1, 0.15) is 21.0 Å². The van der Waals surface area contributed by atoms with Crippen molar-refractivity contribution in [2.24, 2.45) is 0 Å². The third kappa shape index (κ3) is 11.7. The Bertz CT molecular complexity index is 587. The minimum Gasteiger partial charge on any atom is -0.505 e. The van der Waals surface area contributed by atoms with Crippen LogP contribution in [0.15, 0.2) is 36.7 Å². The number of nitrogens with zero attached hydrogens (tertiary/aromatic N) is 2. The smallest absolute Gasteiger partial charge is 0.358 e. The van der Waals surface area contributed by atoms with Crippen molar-refractivity contribution in [2.75, 3.05) is 0 Å². The van der Waals surface area contributed by atoms with Crippen LogP contribution in [0.25, 0.3) is 0 Å². The topological polar surface area (TPSA) is 298 Å². The van der Waals surface area contributed by atoms with E-state index in [1.165, 1.54) is 36.7 Å². The number of carboxylic acid groups (broad SMARTS) is 2. The Balaban J connectivity index is -0.0000000625. The first-order valence-electron chi connectivity index (χ1n) is 5.18. The molecule has 2 heterocycles. The minimum absolute atomic E-state index is 0. The number of aromatic carboxylic acids is 2. The summed E-state index contributed by atoms with van der Waals surface area (Å²) in [7, 11) is 0. The monoisotopic (exact) mass is 419 g/mol. The molecule has 2 aromatic heterocycles. The van der Waals surface area contributed by atoms with Crippen LogP contribution < -0.4 is 0 Å². The number of aromatic hydroxyl groups is 2. The largest absolute Gasteiger partial charge is 0.505 e. The predicted octanol–water partition coefficient (Wildman–Crippen LogP) is -3.16. The molecular weight excluding hydrogens is 399 g/mol. The quantitative estimate of drug-likeness (QED) is 0.384. The van der Waals surface area contributed by atoms with Gasteiger partial charge in [0, 0.05) is 30.9 Å². The summed E-state index contributed by atoms with van der Waals surface area (Å²) in [4.78, 5) is 27.3. The van der Waals surface area contributed by atoms with Gasteiger partial charge in [0.15, 0.2) is 11.4 Å². The summed E-state index contributed by atoms with van der Waals surface area (Å²) in [5, 5.41) is 34.4. The van der Waals surface area contributed by atoms with Crippen molar-refractivity contribution in [1.29, 1.82) is 0 Å².